The number of thiophene rings is 1. The third-order valence-electron chi connectivity index (χ3n) is 3.39. The minimum absolute atomic E-state index is 0.126. The summed E-state index contributed by atoms with van der Waals surface area (Å²) in [4.78, 5) is 1.08. The normalized spacial score (nSPS) is 12.1. The minimum Gasteiger partial charge on any atom is -0.468 e. The Hall–Kier alpha value is -1.90. The van der Waals surface area contributed by atoms with Gasteiger partial charge in [0, 0.05) is 11.4 Å². The molecule has 122 valence electrons. The zero-order valence-electron chi connectivity index (χ0n) is 12.7. The van der Waals surface area contributed by atoms with Gasteiger partial charge in [-0.15, -0.1) is 11.3 Å². The maximum absolute atomic E-state index is 13.1. The predicted octanol–water partition coefficient (Wildman–Crippen LogP) is 3.34. The van der Waals surface area contributed by atoms with E-state index in [1.54, 1.807) is 26.0 Å². The molecular formula is C15H16N2O4S2. The zero-order chi connectivity index (χ0) is 16.4. The first-order valence-electron chi connectivity index (χ1n) is 6.96. The van der Waals surface area contributed by atoms with Crippen molar-refractivity contribution in [2.75, 3.05) is 0 Å². The average Bonchev–Trinajstić information content (AvgIpc) is 3.21. The molecule has 0 bridgehead atoms. The molecule has 8 heteroatoms. The average molecular weight is 352 g/mol. The van der Waals surface area contributed by atoms with Crippen LogP contribution >= 0.6 is 11.3 Å². The molecule has 0 saturated carbocycles. The second-order valence-corrected chi connectivity index (χ2v) is 7.99. The van der Waals surface area contributed by atoms with Crippen molar-refractivity contribution in [1.29, 1.82) is 0 Å². The molecule has 3 aromatic rings. The van der Waals surface area contributed by atoms with Crippen LogP contribution in [0.4, 0.5) is 0 Å². The molecule has 0 fully saturated rings. The first kappa shape index (κ1) is 16.0. The summed E-state index contributed by atoms with van der Waals surface area (Å²) in [5, 5.41) is 5.68. The fraction of sp³-hybridized carbons (Fsp3) is 0.267. The maximum Gasteiger partial charge on any atom is 0.249 e. The molecule has 0 saturated heterocycles. The number of aromatic nitrogens is 1. The van der Waals surface area contributed by atoms with Crippen molar-refractivity contribution in [1.82, 2.24) is 9.46 Å². The van der Waals surface area contributed by atoms with Crippen LogP contribution in [0.3, 0.4) is 0 Å². The van der Waals surface area contributed by atoms with Crippen LogP contribution in [-0.2, 0) is 23.1 Å². The van der Waals surface area contributed by atoms with Gasteiger partial charge in [-0.05, 0) is 37.4 Å². The van der Waals surface area contributed by atoms with E-state index in [1.807, 2.05) is 17.5 Å². The highest BCUT2D eigenvalue weighted by Crippen LogP contribution is 2.27. The first-order chi connectivity index (χ1) is 11.0. The zero-order valence-corrected chi connectivity index (χ0v) is 14.4. The Bertz CT molecular complexity index is 809. The second kappa shape index (κ2) is 6.31. The van der Waals surface area contributed by atoms with Crippen LogP contribution in [0.5, 0.6) is 0 Å². The smallest absolute Gasteiger partial charge is 0.249 e. The first-order valence-corrected chi connectivity index (χ1v) is 9.28. The van der Waals surface area contributed by atoms with Gasteiger partial charge in [-0.25, -0.2) is 8.42 Å². The predicted molar refractivity (Wildman–Crippen MR) is 85.4 cm³/mol. The van der Waals surface area contributed by atoms with E-state index in [0.717, 1.165) is 4.88 Å². The highest BCUT2D eigenvalue weighted by molar-refractivity contribution is 7.89. The van der Waals surface area contributed by atoms with Gasteiger partial charge >= 0.3 is 0 Å². The van der Waals surface area contributed by atoms with Crippen molar-refractivity contribution < 1.29 is 17.4 Å². The Morgan fingerprint density at radius 1 is 1.22 bits per heavy atom. The highest BCUT2D eigenvalue weighted by Gasteiger charge is 2.32. The SMILES string of the molecule is Cc1noc(C)c1S(=O)(=O)N(Cc1ccco1)Cc1cccs1. The van der Waals surface area contributed by atoms with Gasteiger partial charge in [-0.3, -0.25) is 0 Å². The summed E-state index contributed by atoms with van der Waals surface area (Å²) in [6.07, 6.45) is 1.53. The molecule has 3 heterocycles. The van der Waals surface area contributed by atoms with Gasteiger partial charge in [0.25, 0.3) is 0 Å². The van der Waals surface area contributed by atoms with E-state index in [1.165, 1.54) is 21.9 Å². The summed E-state index contributed by atoms with van der Waals surface area (Å²) < 4.78 is 37.9. The lowest BCUT2D eigenvalue weighted by atomic mass is 10.4. The van der Waals surface area contributed by atoms with E-state index in [0.29, 0.717) is 11.5 Å². The Balaban J connectivity index is 1.99. The van der Waals surface area contributed by atoms with Gasteiger partial charge in [0.05, 0.1) is 12.8 Å². The molecular weight excluding hydrogens is 336 g/mol. The summed E-state index contributed by atoms with van der Waals surface area (Å²) >= 11 is 1.51. The summed E-state index contributed by atoms with van der Waals surface area (Å²) in [6, 6.07) is 7.29. The largest absolute Gasteiger partial charge is 0.468 e. The summed E-state index contributed by atoms with van der Waals surface area (Å²) in [5.41, 5.74) is 0.359. The van der Waals surface area contributed by atoms with Gasteiger partial charge in [-0.1, -0.05) is 11.2 Å². The van der Waals surface area contributed by atoms with Gasteiger partial charge in [0.1, 0.15) is 16.3 Å². The number of rotatable bonds is 6. The van der Waals surface area contributed by atoms with Crippen LogP contribution in [0.2, 0.25) is 0 Å². The number of nitrogens with zero attached hydrogens (tertiary/aromatic N) is 2. The topological polar surface area (TPSA) is 76.6 Å². The van der Waals surface area contributed by atoms with Crippen molar-refractivity contribution in [3.8, 4) is 0 Å². The number of hydrogen-bond donors (Lipinski definition) is 0. The fourth-order valence-corrected chi connectivity index (χ4v) is 4.83. The van der Waals surface area contributed by atoms with Crippen LogP contribution in [0.1, 0.15) is 22.1 Å². The summed E-state index contributed by atoms with van der Waals surface area (Å²) in [7, 11) is -3.75. The van der Waals surface area contributed by atoms with Gasteiger partial charge < -0.3 is 8.94 Å². The number of hydrogen-bond acceptors (Lipinski definition) is 6. The maximum atomic E-state index is 13.1. The number of furan rings is 1. The van der Waals surface area contributed by atoms with Gasteiger partial charge in [0.2, 0.25) is 10.0 Å². The van der Waals surface area contributed by atoms with E-state index in [9.17, 15) is 8.42 Å². The van der Waals surface area contributed by atoms with Crippen LogP contribution < -0.4 is 0 Å². The molecule has 0 amide bonds. The van der Waals surface area contributed by atoms with Crippen LogP contribution in [-0.4, -0.2) is 17.9 Å². The minimum atomic E-state index is -3.75. The second-order valence-electron chi connectivity index (χ2n) is 5.09. The third-order valence-corrected chi connectivity index (χ3v) is 6.29. The van der Waals surface area contributed by atoms with Crippen LogP contribution in [0, 0.1) is 13.8 Å². The molecule has 0 atom stereocenters. The standard InChI is InChI=1S/C15H16N2O4S2/c1-11-15(12(2)21-16-11)23(18,19)17(9-13-5-3-7-20-13)10-14-6-4-8-22-14/h3-8H,9-10H2,1-2H3. The molecule has 0 aliphatic heterocycles. The lowest BCUT2D eigenvalue weighted by Gasteiger charge is -2.20. The van der Waals surface area contributed by atoms with Gasteiger partial charge in [0.15, 0.2) is 5.76 Å². The van der Waals surface area contributed by atoms with Crippen LogP contribution in [0.25, 0.3) is 0 Å². The molecule has 0 radical (unpaired) electrons. The monoisotopic (exact) mass is 352 g/mol. The molecule has 0 spiro atoms. The molecule has 3 rings (SSSR count). The Morgan fingerprint density at radius 3 is 2.61 bits per heavy atom. The molecule has 0 aromatic carbocycles. The van der Waals surface area contributed by atoms with Crippen molar-refractivity contribution in [3.63, 3.8) is 0 Å². The quantitative estimate of drug-likeness (QED) is 0.680. The van der Waals surface area contributed by atoms with Crippen LogP contribution in [0.15, 0.2) is 49.7 Å². The molecule has 23 heavy (non-hydrogen) atoms. The van der Waals surface area contributed by atoms with E-state index in [2.05, 4.69) is 5.16 Å². The highest BCUT2D eigenvalue weighted by atomic mass is 32.2. The van der Waals surface area contributed by atoms with Crippen molar-refractivity contribution in [2.24, 2.45) is 0 Å². The summed E-state index contributed by atoms with van der Waals surface area (Å²) in [6.45, 7) is 3.64. The van der Waals surface area contributed by atoms with Crippen molar-refractivity contribution in [3.05, 3.63) is 58.0 Å². The molecule has 0 N–H and O–H groups in total. The Labute approximate surface area is 138 Å². The van der Waals surface area contributed by atoms with E-state index in [-0.39, 0.29) is 23.7 Å². The number of sulfonamides is 1. The third kappa shape index (κ3) is 3.24. The molecule has 0 unspecified atom stereocenters. The van der Waals surface area contributed by atoms with E-state index in [4.69, 9.17) is 8.94 Å². The summed E-state index contributed by atoms with van der Waals surface area (Å²) in [5.74, 6) is 0.870. The lowest BCUT2D eigenvalue weighted by Crippen LogP contribution is -2.30. The van der Waals surface area contributed by atoms with Crippen molar-refractivity contribution in [2.45, 2.75) is 31.8 Å². The van der Waals surface area contributed by atoms with E-state index >= 15 is 0 Å². The lowest BCUT2D eigenvalue weighted by molar-refractivity contribution is 0.358. The van der Waals surface area contributed by atoms with Gasteiger partial charge in [-0.2, -0.15) is 4.31 Å². The fourth-order valence-electron chi connectivity index (χ4n) is 2.35. The molecule has 0 aliphatic carbocycles. The molecule has 0 aliphatic rings. The Morgan fingerprint density at radius 2 is 2.04 bits per heavy atom. The molecule has 6 nitrogen and oxygen atoms in total. The number of aryl methyl sites for hydroxylation is 2. The molecule has 3 aromatic heterocycles. The Kier molecular flexibility index (Phi) is 4.38. The van der Waals surface area contributed by atoms with Crippen molar-refractivity contribution >= 4 is 21.4 Å². The van der Waals surface area contributed by atoms with E-state index < -0.39 is 10.0 Å².